The third kappa shape index (κ3) is 5.80. The molecule has 0 aliphatic carbocycles. The second-order valence-corrected chi connectivity index (χ2v) is 7.19. The molecule has 0 aliphatic rings. The lowest BCUT2D eigenvalue weighted by molar-refractivity contribution is -0.143. The maximum absolute atomic E-state index is 11.3. The van der Waals surface area contributed by atoms with Gasteiger partial charge < -0.3 is 4.74 Å². The minimum Gasteiger partial charge on any atom is -0.466 e. The molecule has 2 aromatic rings. The van der Waals surface area contributed by atoms with E-state index in [0.717, 1.165) is 20.9 Å². The summed E-state index contributed by atoms with van der Waals surface area (Å²) in [5.74, 6) is 0.691. The zero-order valence-corrected chi connectivity index (χ0v) is 14.9. The molecule has 0 saturated heterocycles. The largest absolute Gasteiger partial charge is 0.466 e. The van der Waals surface area contributed by atoms with Crippen LogP contribution in [0.5, 0.6) is 0 Å². The molecule has 0 radical (unpaired) electrons. The van der Waals surface area contributed by atoms with Crippen LogP contribution >= 0.6 is 39.0 Å². The molecule has 0 aliphatic heterocycles. The van der Waals surface area contributed by atoms with E-state index in [0.29, 0.717) is 19.4 Å². The molecule has 0 atom stereocenters. The number of aromatic nitrogens is 1. The van der Waals surface area contributed by atoms with Crippen LogP contribution in [0.2, 0.25) is 0 Å². The van der Waals surface area contributed by atoms with E-state index in [4.69, 9.17) is 4.74 Å². The first-order chi connectivity index (χ1) is 10.2. The average Bonchev–Trinajstić information content (AvgIpc) is 2.91. The lowest BCUT2D eigenvalue weighted by atomic mass is 10.2. The normalized spacial score (nSPS) is 10.6. The van der Waals surface area contributed by atoms with Crippen molar-refractivity contribution in [3.8, 4) is 0 Å². The topological polar surface area (TPSA) is 39.2 Å². The summed E-state index contributed by atoms with van der Waals surface area (Å²) in [6.45, 7) is 2.25. The molecule has 0 fully saturated rings. The van der Waals surface area contributed by atoms with Crippen LogP contribution < -0.4 is 0 Å². The molecule has 6 heteroatoms. The summed E-state index contributed by atoms with van der Waals surface area (Å²) in [5.41, 5.74) is 0.970. The quantitative estimate of drug-likeness (QED) is 0.511. The van der Waals surface area contributed by atoms with Crippen molar-refractivity contribution >= 4 is 45.0 Å². The summed E-state index contributed by atoms with van der Waals surface area (Å²) in [6.07, 6.45) is 1.05. The van der Waals surface area contributed by atoms with Gasteiger partial charge >= 0.3 is 5.97 Å². The first-order valence-electron chi connectivity index (χ1n) is 6.64. The Hall–Kier alpha value is -0.850. The standard InChI is InChI=1S/C15H16BrNO2S2/c1-2-19-15(18)7-6-12-9-21-14(17-12)10-20-13-5-3-4-11(16)8-13/h3-5,8-9H,2,6-7,10H2,1H3. The van der Waals surface area contributed by atoms with Gasteiger partial charge in [0.1, 0.15) is 5.01 Å². The smallest absolute Gasteiger partial charge is 0.306 e. The molecule has 3 nitrogen and oxygen atoms in total. The van der Waals surface area contributed by atoms with Gasteiger partial charge in [0.15, 0.2) is 0 Å². The predicted octanol–water partition coefficient (Wildman–Crippen LogP) is 4.69. The molecule has 0 unspecified atom stereocenters. The van der Waals surface area contributed by atoms with Crippen LogP contribution in [0.15, 0.2) is 39.0 Å². The number of hydrogen-bond acceptors (Lipinski definition) is 5. The van der Waals surface area contributed by atoms with Crippen molar-refractivity contribution in [2.45, 2.75) is 30.4 Å². The van der Waals surface area contributed by atoms with Crippen molar-refractivity contribution in [1.29, 1.82) is 0 Å². The zero-order valence-electron chi connectivity index (χ0n) is 11.7. The number of rotatable bonds is 7. The summed E-state index contributed by atoms with van der Waals surface area (Å²) in [6, 6.07) is 8.23. The fourth-order valence-electron chi connectivity index (χ4n) is 1.70. The number of nitrogens with zero attached hydrogens (tertiary/aromatic N) is 1. The fourth-order valence-corrected chi connectivity index (χ4v) is 4.05. The summed E-state index contributed by atoms with van der Waals surface area (Å²) >= 11 is 6.87. The highest BCUT2D eigenvalue weighted by molar-refractivity contribution is 9.10. The van der Waals surface area contributed by atoms with E-state index >= 15 is 0 Å². The molecule has 2 rings (SSSR count). The number of thiazole rings is 1. The van der Waals surface area contributed by atoms with Gasteiger partial charge in [-0.05, 0) is 25.1 Å². The lowest BCUT2D eigenvalue weighted by Gasteiger charge is -2.00. The van der Waals surface area contributed by atoms with Gasteiger partial charge in [-0.15, -0.1) is 23.1 Å². The van der Waals surface area contributed by atoms with Crippen molar-refractivity contribution in [1.82, 2.24) is 4.98 Å². The Labute approximate surface area is 141 Å². The Morgan fingerprint density at radius 2 is 2.33 bits per heavy atom. The van der Waals surface area contributed by atoms with Crippen LogP contribution in [0.4, 0.5) is 0 Å². The van der Waals surface area contributed by atoms with Crippen LogP contribution in [0, 0.1) is 0 Å². The number of thioether (sulfide) groups is 1. The number of benzene rings is 1. The molecule has 0 N–H and O–H groups in total. The maximum Gasteiger partial charge on any atom is 0.306 e. The van der Waals surface area contributed by atoms with Crippen molar-refractivity contribution in [3.05, 3.63) is 44.8 Å². The third-order valence-electron chi connectivity index (χ3n) is 2.65. The average molecular weight is 386 g/mol. The van der Waals surface area contributed by atoms with Gasteiger partial charge in [0.2, 0.25) is 0 Å². The number of ether oxygens (including phenoxy) is 1. The first-order valence-corrected chi connectivity index (χ1v) is 9.30. The molecular weight excluding hydrogens is 370 g/mol. The van der Waals surface area contributed by atoms with E-state index in [9.17, 15) is 4.79 Å². The monoisotopic (exact) mass is 385 g/mol. The number of carbonyl (C=O) groups excluding carboxylic acids is 1. The number of esters is 1. The number of hydrogen-bond donors (Lipinski definition) is 0. The number of halogens is 1. The van der Waals surface area contributed by atoms with Gasteiger partial charge in [0, 0.05) is 21.2 Å². The van der Waals surface area contributed by atoms with Crippen LogP contribution in [-0.2, 0) is 21.7 Å². The summed E-state index contributed by atoms with van der Waals surface area (Å²) in [4.78, 5) is 17.1. The van der Waals surface area contributed by atoms with Crippen molar-refractivity contribution in [2.75, 3.05) is 6.61 Å². The Morgan fingerprint density at radius 3 is 3.10 bits per heavy atom. The molecule has 21 heavy (non-hydrogen) atoms. The lowest BCUT2D eigenvalue weighted by Crippen LogP contribution is -2.05. The number of carbonyl (C=O) groups is 1. The Bertz CT molecular complexity index is 601. The highest BCUT2D eigenvalue weighted by Crippen LogP contribution is 2.26. The van der Waals surface area contributed by atoms with Gasteiger partial charge in [0.25, 0.3) is 0 Å². The van der Waals surface area contributed by atoms with Gasteiger partial charge in [0.05, 0.1) is 24.5 Å². The Balaban J connectivity index is 1.81. The van der Waals surface area contributed by atoms with Gasteiger partial charge in [-0.1, -0.05) is 22.0 Å². The third-order valence-corrected chi connectivity index (χ3v) is 5.23. The SMILES string of the molecule is CCOC(=O)CCc1csc(CSc2cccc(Br)c2)n1. The highest BCUT2D eigenvalue weighted by atomic mass is 79.9. The molecule has 112 valence electrons. The van der Waals surface area contributed by atoms with Crippen LogP contribution in [-0.4, -0.2) is 17.6 Å². The molecule has 0 spiro atoms. The molecule has 0 saturated carbocycles. The molecule has 1 aromatic carbocycles. The second kappa shape index (κ2) is 8.56. The first kappa shape index (κ1) is 16.5. The van der Waals surface area contributed by atoms with E-state index < -0.39 is 0 Å². The minimum absolute atomic E-state index is 0.157. The van der Waals surface area contributed by atoms with E-state index in [2.05, 4.69) is 33.0 Å². The van der Waals surface area contributed by atoms with E-state index in [-0.39, 0.29) is 5.97 Å². The van der Waals surface area contributed by atoms with Crippen molar-refractivity contribution in [3.63, 3.8) is 0 Å². The second-order valence-electron chi connectivity index (χ2n) is 4.28. The van der Waals surface area contributed by atoms with Crippen molar-refractivity contribution < 1.29 is 9.53 Å². The van der Waals surface area contributed by atoms with E-state index in [1.807, 2.05) is 24.4 Å². The number of aryl methyl sites for hydroxylation is 1. The van der Waals surface area contributed by atoms with Crippen molar-refractivity contribution in [2.24, 2.45) is 0 Å². The fraction of sp³-hybridized carbons (Fsp3) is 0.333. The predicted molar refractivity (Wildman–Crippen MR) is 90.8 cm³/mol. The van der Waals surface area contributed by atoms with Gasteiger partial charge in [-0.2, -0.15) is 0 Å². The summed E-state index contributed by atoms with van der Waals surface area (Å²) in [5, 5.41) is 3.11. The Kier molecular flexibility index (Phi) is 6.73. The van der Waals surface area contributed by atoms with Crippen LogP contribution in [0.25, 0.3) is 0 Å². The van der Waals surface area contributed by atoms with Gasteiger partial charge in [-0.25, -0.2) is 4.98 Å². The van der Waals surface area contributed by atoms with Crippen LogP contribution in [0.3, 0.4) is 0 Å². The maximum atomic E-state index is 11.3. The zero-order chi connectivity index (χ0) is 15.1. The summed E-state index contributed by atoms with van der Waals surface area (Å²) in [7, 11) is 0. The Morgan fingerprint density at radius 1 is 1.48 bits per heavy atom. The van der Waals surface area contributed by atoms with Crippen LogP contribution in [0.1, 0.15) is 24.0 Å². The highest BCUT2D eigenvalue weighted by Gasteiger charge is 2.07. The minimum atomic E-state index is -0.157. The molecule has 1 heterocycles. The van der Waals surface area contributed by atoms with Gasteiger partial charge in [-0.3, -0.25) is 4.79 Å². The molecular formula is C15H16BrNO2S2. The van der Waals surface area contributed by atoms with E-state index in [1.54, 1.807) is 23.1 Å². The molecule has 0 bridgehead atoms. The molecule has 0 amide bonds. The summed E-state index contributed by atoms with van der Waals surface area (Å²) < 4.78 is 6.00. The molecule has 1 aromatic heterocycles. The van der Waals surface area contributed by atoms with E-state index in [1.165, 1.54) is 4.90 Å².